The molecule has 3 N–H and O–H groups in total. The molecular formula is C11H19NO6. The molecule has 0 saturated carbocycles. The summed E-state index contributed by atoms with van der Waals surface area (Å²) >= 11 is 0. The lowest BCUT2D eigenvalue weighted by Gasteiger charge is -2.25. The summed E-state index contributed by atoms with van der Waals surface area (Å²) in [6.07, 6.45) is -1.73. The first-order valence-electron chi connectivity index (χ1n) is 5.69. The average Bonchev–Trinajstić information content (AvgIpc) is 2.57. The van der Waals surface area contributed by atoms with Gasteiger partial charge in [0.15, 0.2) is 0 Å². The second-order valence-electron chi connectivity index (χ2n) is 5.23. The van der Waals surface area contributed by atoms with Gasteiger partial charge in [0.1, 0.15) is 11.6 Å². The maximum Gasteiger partial charge on any atom is 0.408 e. The van der Waals surface area contributed by atoms with E-state index in [1.165, 1.54) is 0 Å². The number of hydrogen-bond acceptors (Lipinski definition) is 5. The Hall–Kier alpha value is -1.34. The summed E-state index contributed by atoms with van der Waals surface area (Å²) in [5.74, 6) is -1.90. The van der Waals surface area contributed by atoms with E-state index in [9.17, 15) is 14.7 Å². The summed E-state index contributed by atoms with van der Waals surface area (Å²) in [6, 6.07) is -1.22. The number of carboxylic acid groups (broad SMARTS) is 1. The van der Waals surface area contributed by atoms with Crippen LogP contribution in [0, 0.1) is 5.92 Å². The maximum absolute atomic E-state index is 11.5. The van der Waals surface area contributed by atoms with Gasteiger partial charge in [-0.1, -0.05) is 0 Å². The first-order valence-corrected chi connectivity index (χ1v) is 5.69. The van der Waals surface area contributed by atoms with E-state index >= 15 is 0 Å². The number of ether oxygens (including phenoxy) is 2. The van der Waals surface area contributed by atoms with Crippen molar-refractivity contribution in [3.8, 4) is 0 Å². The van der Waals surface area contributed by atoms with E-state index in [4.69, 9.17) is 14.6 Å². The fourth-order valence-electron chi connectivity index (χ4n) is 1.66. The Balaban J connectivity index is 2.64. The number of carbonyl (C=O) groups excluding carboxylic acids is 1. The van der Waals surface area contributed by atoms with Gasteiger partial charge in [-0.05, 0) is 20.8 Å². The highest BCUT2D eigenvalue weighted by Gasteiger charge is 2.39. The molecule has 3 unspecified atom stereocenters. The van der Waals surface area contributed by atoms with Crippen LogP contribution in [0.1, 0.15) is 20.8 Å². The maximum atomic E-state index is 11.5. The molecule has 0 aromatic heterocycles. The van der Waals surface area contributed by atoms with E-state index in [2.05, 4.69) is 5.32 Å². The van der Waals surface area contributed by atoms with Gasteiger partial charge in [0.25, 0.3) is 0 Å². The zero-order chi connectivity index (χ0) is 13.9. The molecule has 18 heavy (non-hydrogen) atoms. The largest absolute Gasteiger partial charge is 0.480 e. The molecule has 7 heteroatoms. The number of nitrogens with one attached hydrogen (secondary N) is 1. The second-order valence-corrected chi connectivity index (χ2v) is 5.23. The third kappa shape index (κ3) is 4.15. The van der Waals surface area contributed by atoms with Gasteiger partial charge in [0.2, 0.25) is 0 Å². The number of carboxylic acids is 1. The van der Waals surface area contributed by atoms with Crippen molar-refractivity contribution < 1.29 is 29.3 Å². The number of hydrogen-bond donors (Lipinski definition) is 3. The van der Waals surface area contributed by atoms with Crippen molar-refractivity contribution in [2.75, 3.05) is 13.2 Å². The molecule has 0 spiro atoms. The van der Waals surface area contributed by atoms with Crippen LogP contribution in [0.15, 0.2) is 0 Å². The zero-order valence-electron chi connectivity index (χ0n) is 10.7. The van der Waals surface area contributed by atoms with Crippen LogP contribution in [0.25, 0.3) is 0 Å². The predicted octanol–water partition coefficient (Wildman–Crippen LogP) is -0.0284. The highest BCUT2D eigenvalue weighted by atomic mass is 16.6. The molecule has 0 radical (unpaired) electrons. The minimum Gasteiger partial charge on any atom is -0.480 e. The fraction of sp³-hybridized carbons (Fsp3) is 0.818. The Morgan fingerprint density at radius 3 is 2.39 bits per heavy atom. The van der Waals surface area contributed by atoms with E-state index in [-0.39, 0.29) is 13.2 Å². The lowest BCUT2D eigenvalue weighted by atomic mass is 9.97. The normalized spacial score (nSPS) is 25.6. The summed E-state index contributed by atoms with van der Waals surface area (Å²) in [5, 5.41) is 20.9. The molecular weight excluding hydrogens is 242 g/mol. The minimum absolute atomic E-state index is 0.0739. The standard InChI is InChI=1S/C11H19NO6/c1-11(2,3)18-10(16)12-8(9(14)15)6-4-17-5-7(6)13/h6-8,13H,4-5H2,1-3H3,(H,12,16)(H,14,15). The molecule has 1 aliphatic rings. The first-order chi connectivity index (χ1) is 8.20. The van der Waals surface area contributed by atoms with Gasteiger partial charge >= 0.3 is 12.1 Å². The fourth-order valence-corrected chi connectivity index (χ4v) is 1.66. The highest BCUT2D eigenvalue weighted by molar-refractivity contribution is 5.80. The first kappa shape index (κ1) is 14.7. The number of aliphatic hydroxyl groups is 1. The number of amides is 1. The summed E-state index contributed by atoms with van der Waals surface area (Å²) in [4.78, 5) is 22.6. The van der Waals surface area contributed by atoms with Crippen LogP contribution in [0.2, 0.25) is 0 Å². The van der Waals surface area contributed by atoms with Crippen LogP contribution in [0.3, 0.4) is 0 Å². The van der Waals surface area contributed by atoms with Crippen LogP contribution >= 0.6 is 0 Å². The molecule has 0 aromatic carbocycles. The smallest absolute Gasteiger partial charge is 0.408 e. The topological polar surface area (TPSA) is 105 Å². The highest BCUT2D eigenvalue weighted by Crippen LogP contribution is 2.18. The predicted molar refractivity (Wildman–Crippen MR) is 61.1 cm³/mol. The monoisotopic (exact) mass is 261 g/mol. The summed E-state index contributed by atoms with van der Waals surface area (Å²) in [6.45, 7) is 5.19. The van der Waals surface area contributed by atoms with Crippen LogP contribution in [-0.2, 0) is 14.3 Å². The molecule has 1 heterocycles. The third-order valence-electron chi connectivity index (χ3n) is 2.46. The molecule has 1 aliphatic heterocycles. The van der Waals surface area contributed by atoms with Crippen molar-refractivity contribution in [3.63, 3.8) is 0 Å². The summed E-state index contributed by atoms with van der Waals surface area (Å²) in [5.41, 5.74) is -0.710. The minimum atomic E-state index is -1.23. The van der Waals surface area contributed by atoms with Gasteiger partial charge in [-0.15, -0.1) is 0 Å². The molecule has 1 saturated heterocycles. The van der Waals surface area contributed by atoms with Gasteiger partial charge < -0.3 is 25.0 Å². The van der Waals surface area contributed by atoms with Crippen molar-refractivity contribution in [1.29, 1.82) is 0 Å². The quantitative estimate of drug-likeness (QED) is 0.659. The molecule has 3 atom stereocenters. The lowest BCUT2D eigenvalue weighted by molar-refractivity contribution is -0.141. The molecule has 0 aliphatic carbocycles. The number of rotatable bonds is 3. The number of alkyl carbamates (subject to hydrolysis) is 1. The molecule has 1 fully saturated rings. The summed E-state index contributed by atoms with van der Waals surface area (Å²) < 4.78 is 9.95. The Morgan fingerprint density at radius 2 is 2.00 bits per heavy atom. The Labute approximate surface area is 105 Å². The van der Waals surface area contributed by atoms with Crippen LogP contribution in [-0.4, -0.2) is 53.2 Å². The zero-order valence-corrected chi connectivity index (χ0v) is 10.7. The SMILES string of the molecule is CC(C)(C)OC(=O)NC(C(=O)O)C1COCC1O. The molecule has 1 rings (SSSR count). The number of aliphatic carboxylic acids is 1. The molecule has 0 bridgehead atoms. The number of carbonyl (C=O) groups is 2. The Bertz CT molecular complexity index is 324. The van der Waals surface area contributed by atoms with Gasteiger partial charge in [0.05, 0.1) is 19.3 Å². The van der Waals surface area contributed by atoms with Crippen LogP contribution in [0.5, 0.6) is 0 Å². The van der Waals surface area contributed by atoms with E-state index in [1.54, 1.807) is 20.8 Å². The van der Waals surface area contributed by atoms with E-state index in [0.29, 0.717) is 0 Å². The molecule has 104 valence electrons. The Kier molecular flexibility index (Phi) is 4.53. The van der Waals surface area contributed by atoms with Gasteiger partial charge in [0, 0.05) is 5.92 Å². The summed E-state index contributed by atoms with van der Waals surface area (Å²) in [7, 11) is 0. The lowest BCUT2D eigenvalue weighted by Crippen LogP contribution is -2.50. The van der Waals surface area contributed by atoms with Crippen molar-refractivity contribution in [2.24, 2.45) is 5.92 Å². The van der Waals surface area contributed by atoms with Crippen molar-refractivity contribution in [1.82, 2.24) is 5.32 Å². The average molecular weight is 261 g/mol. The Morgan fingerprint density at radius 1 is 1.39 bits per heavy atom. The molecule has 1 amide bonds. The third-order valence-corrected chi connectivity index (χ3v) is 2.46. The van der Waals surface area contributed by atoms with Crippen molar-refractivity contribution >= 4 is 12.1 Å². The number of aliphatic hydroxyl groups excluding tert-OH is 1. The van der Waals surface area contributed by atoms with Crippen molar-refractivity contribution in [2.45, 2.75) is 38.5 Å². The molecule has 0 aromatic rings. The van der Waals surface area contributed by atoms with E-state index in [1.807, 2.05) is 0 Å². The van der Waals surface area contributed by atoms with Crippen LogP contribution < -0.4 is 5.32 Å². The molecule has 7 nitrogen and oxygen atoms in total. The van der Waals surface area contributed by atoms with E-state index in [0.717, 1.165) is 0 Å². The van der Waals surface area contributed by atoms with Gasteiger partial charge in [-0.25, -0.2) is 9.59 Å². The van der Waals surface area contributed by atoms with Gasteiger partial charge in [-0.3, -0.25) is 0 Å². The van der Waals surface area contributed by atoms with Crippen molar-refractivity contribution in [3.05, 3.63) is 0 Å². The van der Waals surface area contributed by atoms with Crippen LogP contribution in [0.4, 0.5) is 4.79 Å². The second kappa shape index (κ2) is 5.53. The van der Waals surface area contributed by atoms with E-state index < -0.39 is 35.7 Å². The van der Waals surface area contributed by atoms with Gasteiger partial charge in [-0.2, -0.15) is 0 Å².